The molecule has 39 valence electrons. The van der Waals surface area contributed by atoms with Crippen molar-refractivity contribution < 1.29 is 4.43 Å². The Morgan fingerprint density at radius 1 is 1.43 bits per heavy atom. The van der Waals surface area contributed by atoms with E-state index in [0.717, 1.165) is 6.61 Å². The Morgan fingerprint density at radius 2 is 1.86 bits per heavy atom. The molecule has 3 heteroatoms. The monoisotopic (exact) mass is 127 g/mol. The van der Waals surface area contributed by atoms with Gasteiger partial charge < -0.3 is 4.43 Å². The zero-order valence-electron chi connectivity index (χ0n) is 5.69. The van der Waals surface area contributed by atoms with E-state index in [1.807, 2.05) is 6.92 Å². The quantitative estimate of drug-likeness (QED) is 0.494. The van der Waals surface area contributed by atoms with E-state index in [0.29, 0.717) is 0 Å². The molecule has 0 heterocycles. The molecule has 0 amide bonds. The van der Waals surface area contributed by atoms with Gasteiger partial charge in [0, 0.05) is 36.2 Å². The Morgan fingerprint density at radius 3 is 1.86 bits per heavy atom. The van der Waals surface area contributed by atoms with Crippen LogP contribution >= 0.6 is 0 Å². The van der Waals surface area contributed by atoms with E-state index >= 15 is 0 Å². The first-order chi connectivity index (χ1) is 2.77. The predicted octanol–water partition coefficient (Wildman–Crippen LogP) is 0.625. The first kappa shape index (κ1) is 11.0. The van der Waals surface area contributed by atoms with E-state index < -0.39 is 9.04 Å². The van der Waals surface area contributed by atoms with Gasteiger partial charge in [-0.2, -0.15) is 0 Å². The zero-order chi connectivity index (χ0) is 4.99. The molecule has 0 atom stereocenters. The van der Waals surface area contributed by atoms with Gasteiger partial charge in [-0.25, -0.2) is 0 Å². The van der Waals surface area contributed by atoms with Crippen LogP contribution in [0.2, 0.25) is 13.1 Å². The molecule has 0 fully saturated rings. The minimum Gasteiger partial charge on any atom is -0.421 e. The Hall–Kier alpha value is 1.18. The van der Waals surface area contributed by atoms with E-state index in [1.54, 1.807) is 0 Å². The third kappa shape index (κ3) is 11.0. The topological polar surface area (TPSA) is 9.23 Å². The molecule has 0 saturated carbocycles. The van der Waals surface area contributed by atoms with Crippen LogP contribution in [0.1, 0.15) is 6.92 Å². The minimum atomic E-state index is -0.671. The van der Waals surface area contributed by atoms with Crippen LogP contribution in [0.5, 0.6) is 0 Å². The zero-order valence-corrected chi connectivity index (χ0v) is 8.85. The molecule has 0 aromatic carbocycles. The second kappa shape index (κ2) is 7.18. The summed E-state index contributed by atoms with van der Waals surface area (Å²) in [4.78, 5) is 0. The predicted molar refractivity (Wildman–Crippen MR) is 36.3 cm³/mol. The van der Waals surface area contributed by atoms with Crippen LogP contribution in [0, 0.1) is 0 Å². The fraction of sp³-hybridized carbons (Fsp3) is 1.00. The molecule has 1 nitrogen and oxygen atoms in total. The third-order valence-corrected chi connectivity index (χ3v) is 1.50. The van der Waals surface area contributed by atoms with Gasteiger partial charge in [0.1, 0.15) is 0 Å². The van der Waals surface area contributed by atoms with Crippen molar-refractivity contribution in [3.05, 3.63) is 0 Å². The average molecular weight is 127 g/mol. The van der Waals surface area contributed by atoms with Crippen molar-refractivity contribution in [2.75, 3.05) is 6.61 Å². The Kier molecular flexibility index (Phi) is 11.3. The van der Waals surface area contributed by atoms with Crippen molar-refractivity contribution in [2.45, 2.75) is 20.0 Å². The maximum absolute atomic E-state index is 5.18. The standard InChI is InChI=1S/C4H12OSi.Na/c1-4-5-6(2)3;/h6H,4H2,1-3H3;. The van der Waals surface area contributed by atoms with Crippen LogP contribution in [0.3, 0.4) is 0 Å². The molecular weight excluding hydrogens is 115 g/mol. The van der Waals surface area contributed by atoms with Crippen LogP contribution in [0.15, 0.2) is 0 Å². The minimum absolute atomic E-state index is 0. The summed E-state index contributed by atoms with van der Waals surface area (Å²) >= 11 is 0. The summed E-state index contributed by atoms with van der Waals surface area (Å²) in [6.07, 6.45) is 0. The summed E-state index contributed by atoms with van der Waals surface area (Å²) in [5.41, 5.74) is 0. The second-order valence-electron chi connectivity index (χ2n) is 1.50. The largest absolute Gasteiger partial charge is 0.421 e. The van der Waals surface area contributed by atoms with Crippen LogP contribution in [0.4, 0.5) is 0 Å². The molecule has 7 heavy (non-hydrogen) atoms. The van der Waals surface area contributed by atoms with Crippen LogP contribution in [-0.2, 0) is 4.43 Å². The number of hydrogen-bond acceptors (Lipinski definition) is 1. The first-order valence-electron chi connectivity index (χ1n) is 2.39. The van der Waals surface area contributed by atoms with E-state index in [2.05, 4.69) is 13.1 Å². The van der Waals surface area contributed by atoms with Crippen molar-refractivity contribution in [1.82, 2.24) is 0 Å². The molecule has 0 unspecified atom stereocenters. The summed E-state index contributed by atoms with van der Waals surface area (Å²) in [6.45, 7) is 7.27. The van der Waals surface area contributed by atoms with Gasteiger partial charge in [0.05, 0.1) is 0 Å². The van der Waals surface area contributed by atoms with Gasteiger partial charge in [0.25, 0.3) is 0 Å². The summed E-state index contributed by atoms with van der Waals surface area (Å²) < 4.78 is 5.18. The van der Waals surface area contributed by atoms with Gasteiger partial charge in [-0.05, 0) is 20.0 Å². The van der Waals surface area contributed by atoms with Crippen molar-refractivity contribution in [3.8, 4) is 0 Å². The van der Waals surface area contributed by atoms with Gasteiger partial charge in [0.15, 0.2) is 9.04 Å². The number of hydrogen-bond donors (Lipinski definition) is 0. The van der Waals surface area contributed by atoms with Crippen molar-refractivity contribution in [2.24, 2.45) is 0 Å². The van der Waals surface area contributed by atoms with Crippen molar-refractivity contribution in [1.29, 1.82) is 0 Å². The SMILES string of the molecule is CCO[SiH](C)C.[Na]. The van der Waals surface area contributed by atoms with Gasteiger partial charge in [-0.1, -0.05) is 0 Å². The molecule has 0 spiro atoms. The summed E-state index contributed by atoms with van der Waals surface area (Å²) in [5.74, 6) is 0. The third-order valence-electron chi connectivity index (χ3n) is 0.500. The van der Waals surface area contributed by atoms with Crippen molar-refractivity contribution in [3.63, 3.8) is 0 Å². The van der Waals surface area contributed by atoms with Gasteiger partial charge >= 0.3 is 0 Å². The van der Waals surface area contributed by atoms with Crippen molar-refractivity contribution >= 4 is 38.6 Å². The van der Waals surface area contributed by atoms with E-state index in [-0.39, 0.29) is 29.6 Å². The molecule has 0 aromatic rings. The molecule has 0 N–H and O–H groups in total. The Bertz CT molecular complexity index is 32.9. The van der Waals surface area contributed by atoms with Crippen LogP contribution < -0.4 is 0 Å². The van der Waals surface area contributed by atoms with E-state index in [9.17, 15) is 0 Å². The maximum Gasteiger partial charge on any atom is 0.170 e. The fourth-order valence-corrected chi connectivity index (χ4v) is 1.00. The normalized spacial score (nSPS) is 8.57. The molecule has 1 radical (unpaired) electrons. The van der Waals surface area contributed by atoms with Crippen LogP contribution in [-0.4, -0.2) is 45.2 Å². The summed E-state index contributed by atoms with van der Waals surface area (Å²) in [6, 6.07) is 0. The molecule has 0 aromatic heterocycles. The van der Waals surface area contributed by atoms with Gasteiger partial charge in [-0.3, -0.25) is 0 Å². The molecule has 0 aliphatic carbocycles. The van der Waals surface area contributed by atoms with Crippen LogP contribution in [0.25, 0.3) is 0 Å². The Balaban J connectivity index is 0. The average Bonchev–Trinajstić information content (AvgIpc) is 1.35. The molecule has 0 rings (SSSR count). The van der Waals surface area contributed by atoms with E-state index in [4.69, 9.17) is 4.43 Å². The summed E-state index contributed by atoms with van der Waals surface area (Å²) in [7, 11) is -0.671. The smallest absolute Gasteiger partial charge is 0.170 e. The van der Waals surface area contributed by atoms with Gasteiger partial charge in [0.2, 0.25) is 0 Å². The molecule has 0 aliphatic heterocycles. The maximum atomic E-state index is 5.18. The second-order valence-corrected chi connectivity index (χ2v) is 3.93. The fourth-order valence-electron chi connectivity index (χ4n) is 0.333. The van der Waals surface area contributed by atoms with E-state index in [1.165, 1.54) is 0 Å². The molecule has 0 saturated heterocycles. The Labute approximate surface area is 69.5 Å². The first-order valence-corrected chi connectivity index (χ1v) is 5.17. The molecule has 0 bridgehead atoms. The summed E-state index contributed by atoms with van der Waals surface area (Å²) in [5, 5.41) is 0. The van der Waals surface area contributed by atoms with Gasteiger partial charge in [-0.15, -0.1) is 0 Å². The molecule has 0 aliphatic rings. The number of rotatable bonds is 2. The molecular formula is C4H12NaOSi.